The summed E-state index contributed by atoms with van der Waals surface area (Å²) in [7, 11) is 1.88. The van der Waals surface area contributed by atoms with Gasteiger partial charge in [-0.1, -0.05) is 37.1 Å². The number of rotatable bonds is 6. The molecule has 0 aliphatic heterocycles. The summed E-state index contributed by atoms with van der Waals surface area (Å²) >= 11 is 5.89. The maximum atomic E-state index is 5.89. The lowest BCUT2D eigenvalue weighted by Gasteiger charge is -2.13. The topological polar surface area (TPSA) is 49.8 Å². The fourth-order valence-corrected chi connectivity index (χ4v) is 2.18. The van der Waals surface area contributed by atoms with Gasteiger partial charge in [0.2, 0.25) is 0 Å². The van der Waals surface area contributed by atoms with Gasteiger partial charge in [0.25, 0.3) is 0 Å². The quantitative estimate of drug-likeness (QED) is 0.851. The van der Waals surface area contributed by atoms with Gasteiger partial charge in [-0.05, 0) is 24.1 Å². The van der Waals surface area contributed by atoms with Crippen molar-refractivity contribution in [2.75, 3.05) is 17.7 Å². The predicted molar refractivity (Wildman–Crippen MR) is 84.4 cm³/mol. The Morgan fingerprint density at radius 2 is 1.80 bits per heavy atom. The van der Waals surface area contributed by atoms with Crippen molar-refractivity contribution in [3.8, 4) is 0 Å². The normalized spacial score (nSPS) is 10.3. The lowest BCUT2D eigenvalue weighted by atomic mass is 10.1. The Hall–Kier alpha value is -1.81. The highest BCUT2D eigenvalue weighted by atomic mass is 35.5. The summed E-state index contributed by atoms with van der Waals surface area (Å²) in [4.78, 5) is 8.61. The zero-order valence-corrected chi connectivity index (χ0v) is 12.5. The Balaban J connectivity index is 2.14. The van der Waals surface area contributed by atoms with E-state index in [9.17, 15) is 0 Å². The third-order valence-electron chi connectivity index (χ3n) is 3.06. The summed E-state index contributed by atoms with van der Waals surface area (Å²) in [6.45, 7) is 2.86. The molecule has 0 unspecified atom stereocenters. The number of anilines is 2. The van der Waals surface area contributed by atoms with Gasteiger partial charge in [-0.3, -0.25) is 0 Å². The Bertz CT molecular complexity index is 554. The second-order valence-corrected chi connectivity index (χ2v) is 4.97. The van der Waals surface area contributed by atoms with E-state index in [2.05, 4.69) is 27.5 Å². The van der Waals surface area contributed by atoms with Crippen LogP contribution in [-0.2, 0) is 13.0 Å². The van der Waals surface area contributed by atoms with Crippen LogP contribution in [0.15, 0.2) is 30.6 Å². The Morgan fingerprint density at radius 1 is 1.10 bits per heavy atom. The maximum absolute atomic E-state index is 5.89. The van der Waals surface area contributed by atoms with Crippen molar-refractivity contribution in [2.45, 2.75) is 26.3 Å². The molecular weight excluding hydrogens is 272 g/mol. The molecule has 106 valence electrons. The predicted octanol–water partition coefficient (Wildman–Crippen LogP) is 3.74. The molecule has 1 aromatic carbocycles. The molecule has 1 heterocycles. The minimum absolute atomic E-state index is 0.716. The molecule has 0 aliphatic rings. The van der Waals surface area contributed by atoms with Crippen LogP contribution < -0.4 is 10.6 Å². The summed E-state index contributed by atoms with van der Waals surface area (Å²) in [5.41, 5.74) is 2.30. The lowest BCUT2D eigenvalue weighted by Crippen LogP contribution is -2.08. The largest absolute Gasteiger partial charge is 0.373 e. The number of benzene rings is 1. The second kappa shape index (κ2) is 7.10. The second-order valence-electron chi connectivity index (χ2n) is 4.53. The lowest BCUT2D eigenvalue weighted by molar-refractivity contribution is 0.899. The molecule has 0 radical (unpaired) electrons. The average molecular weight is 291 g/mol. The van der Waals surface area contributed by atoms with E-state index in [0.717, 1.165) is 35.1 Å². The first kappa shape index (κ1) is 14.6. The van der Waals surface area contributed by atoms with E-state index in [4.69, 9.17) is 11.6 Å². The summed E-state index contributed by atoms with van der Waals surface area (Å²) in [6.07, 6.45) is 3.58. The highest BCUT2D eigenvalue weighted by Gasteiger charge is 2.09. The Kier molecular flexibility index (Phi) is 5.18. The minimum Gasteiger partial charge on any atom is -0.373 e. The molecular formula is C15H19ClN4. The van der Waals surface area contributed by atoms with Crippen LogP contribution in [0.3, 0.4) is 0 Å². The van der Waals surface area contributed by atoms with Gasteiger partial charge >= 0.3 is 0 Å². The zero-order chi connectivity index (χ0) is 14.4. The van der Waals surface area contributed by atoms with Crippen molar-refractivity contribution in [3.05, 3.63) is 46.7 Å². The molecule has 0 bridgehead atoms. The molecule has 0 atom stereocenters. The standard InChI is InChI=1S/C15H19ClN4/c1-3-4-13-14(17-2)19-10-20-15(13)18-9-11-5-7-12(16)8-6-11/h5-8,10H,3-4,9H2,1-2H3,(H2,17,18,19,20). The first-order chi connectivity index (χ1) is 9.74. The molecule has 0 spiro atoms. The molecule has 20 heavy (non-hydrogen) atoms. The van der Waals surface area contributed by atoms with Gasteiger partial charge in [-0.25, -0.2) is 9.97 Å². The van der Waals surface area contributed by atoms with Crippen LogP contribution in [0.25, 0.3) is 0 Å². The van der Waals surface area contributed by atoms with E-state index in [1.165, 1.54) is 5.56 Å². The number of hydrogen-bond donors (Lipinski definition) is 2. The van der Waals surface area contributed by atoms with Crippen molar-refractivity contribution in [2.24, 2.45) is 0 Å². The Morgan fingerprint density at radius 3 is 2.45 bits per heavy atom. The molecule has 0 fully saturated rings. The van der Waals surface area contributed by atoms with Gasteiger partial charge in [0, 0.05) is 24.2 Å². The van der Waals surface area contributed by atoms with Gasteiger partial charge in [0.15, 0.2) is 0 Å². The molecule has 2 rings (SSSR count). The molecule has 2 aromatic rings. The van der Waals surface area contributed by atoms with E-state index in [1.54, 1.807) is 6.33 Å². The van der Waals surface area contributed by atoms with Crippen LogP contribution in [0.4, 0.5) is 11.6 Å². The van der Waals surface area contributed by atoms with Crippen molar-refractivity contribution >= 4 is 23.2 Å². The zero-order valence-electron chi connectivity index (χ0n) is 11.8. The molecule has 1 aromatic heterocycles. The number of aromatic nitrogens is 2. The summed E-state index contributed by atoms with van der Waals surface area (Å²) in [5.74, 6) is 1.78. The van der Waals surface area contributed by atoms with Crippen LogP contribution in [0.1, 0.15) is 24.5 Å². The molecule has 0 saturated carbocycles. The van der Waals surface area contributed by atoms with Crippen molar-refractivity contribution in [1.29, 1.82) is 0 Å². The molecule has 4 nitrogen and oxygen atoms in total. The van der Waals surface area contributed by atoms with E-state index in [-0.39, 0.29) is 0 Å². The van der Waals surface area contributed by atoms with Gasteiger partial charge in [0.05, 0.1) is 0 Å². The van der Waals surface area contributed by atoms with Gasteiger partial charge in [0.1, 0.15) is 18.0 Å². The number of halogens is 1. The van der Waals surface area contributed by atoms with E-state index < -0.39 is 0 Å². The third kappa shape index (κ3) is 3.61. The molecule has 0 aliphatic carbocycles. The highest BCUT2D eigenvalue weighted by Crippen LogP contribution is 2.22. The van der Waals surface area contributed by atoms with E-state index in [0.29, 0.717) is 6.54 Å². The smallest absolute Gasteiger partial charge is 0.134 e. The number of hydrogen-bond acceptors (Lipinski definition) is 4. The average Bonchev–Trinajstić information content (AvgIpc) is 2.48. The van der Waals surface area contributed by atoms with Crippen LogP contribution >= 0.6 is 11.6 Å². The van der Waals surface area contributed by atoms with Gasteiger partial charge < -0.3 is 10.6 Å². The maximum Gasteiger partial charge on any atom is 0.134 e. The van der Waals surface area contributed by atoms with Crippen molar-refractivity contribution < 1.29 is 0 Å². The summed E-state index contributed by atoms with van der Waals surface area (Å²) in [6, 6.07) is 7.80. The minimum atomic E-state index is 0.716. The van der Waals surface area contributed by atoms with Crippen LogP contribution in [0.5, 0.6) is 0 Å². The van der Waals surface area contributed by atoms with E-state index >= 15 is 0 Å². The monoisotopic (exact) mass is 290 g/mol. The number of nitrogens with one attached hydrogen (secondary N) is 2. The molecule has 5 heteroatoms. The van der Waals surface area contributed by atoms with Gasteiger partial charge in [-0.15, -0.1) is 0 Å². The fraction of sp³-hybridized carbons (Fsp3) is 0.333. The highest BCUT2D eigenvalue weighted by molar-refractivity contribution is 6.30. The van der Waals surface area contributed by atoms with Crippen molar-refractivity contribution in [1.82, 2.24) is 9.97 Å². The number of nitrogens with zero attached hydrogens (tertiary/aromatic N) is 2. The van der Waals surface area contributed by atoms with Gasteiger partial charge in [-0.2, -0.15) is 0 Å². The van der Waals surface area contributed by atoms with E-state index in [1.807, 2.05) is 31.3 Å². The first-order valence-corrected chi connectivity index (χ1v) is 7.12. The summed E-state index contributed by atoms with van der Waals surface area (Å²) in [5, 5.41) is 7.24. The first-order valence-electron chi connectivity index (χ1n) is 6.74. The van der Waals surface area contributed by atoms with Crippen LogP contribution in [0, 0.1) is 0 Å². The molecule has 0 saturated heterocycles. The SMILES string of the molecule is CCCc1c(NC)ncnc1NCc1ccc(Cl)cc1. The van der Waals surface area contributed by atoms with Crippen LogP contribution in [0.2, 0.25) is 5.02 Å². The summed E-state index contributed by atoms with van der Waals surface area (Å²) < 4.78 is 0. The van der Waals surface area contributed by atoms with Crippen LogP contribution in [-0.4, -0.2) is 17.0 Å². The third-order valence-corrected chi connectivity index (χ3v) is 3.31. The van der Waals surface area contributed by atoms with Crippen molar-refractivity contribution in [3.63, 3.8) is 0 Å². The molecule has 0 amide bonds. The molecule has 2 N–H and O–H groups in total. The Labute approximate surface area is 124 Å². The fourth-order valence-electron chi connectivity index (χ4n) is 2.05.